The monoisotopic (exact) mass is 463 g/mol. The van der Waals surface area contributed by atoms with Gasteiger partial charge in [-0.2, -0.15) is 0 Å². The van der Waals surface area contributed by atoms with Gasteiger partial charge in [0.1, 0.15) is 5.03 Å². The summed E-state index contributed by atoms with van der Waals surface area (Å²) < 4.78 is 4.76. The second-order valence-electron chi connectivity index (χ2n) is 7.46. The van der Waals surface area contributed by atoms with Crippen LogP contribution in [0.1, 0.15) is 37.5 Å². The van der Waals surface area contributed by atoms with Gasteiger partial charge in [0, 0.05) is 11.4 Å². The Kier molecular flexibility index (Phi) is 7.84. The summed E-state index contributed by atoms with van der Waals surface area (Å²) in [7, 11) is 1.28. The maximum absolute atomic E-state index is 13.1. The van der Waals surface area contributed by atoms with Crippen LogP contribution < -0.4 is 10.6 Å². The molecule has 0 unspecified atom stereocenters. The van der Waals surface area contributed by atoms with Gasteiger partial charge in [-0.1, -0.05) is 36.0 Å². The first kappa shape index (κ1) is 24.0. The summed E-state index contributed by atoms with van der Waals surface area (Å²) in [6.45, 7) is 5.63. The predicted molar refractivity (Wildman–Crippen MR) is 130 cm³/mol. The summed E-state index contributed by atoms with van der Waals surface area (Å²) in [5, 5.41) is 6.11. The molecule has 8 heteroatoms. The van der Waals surface area contributed by atoms with Gasteiger partial charge in [-0.15, -0.1) is 0 Å². The molecule has 2 aromatic carbocycles. The maximum atomic E-state index is 13.1. The van der Waals surface area contributed by atoms with Gasteiger partial charge < -0.3 is 15.4 Å². The lowest BCUT2D eigenvalue weighted by Gasteiger charge is -2.14. The van der Waals surface area contributed by atoms with Crippen molar-refractivity contribution in [1.82, 2.24) is 4.98 Å². The van der Waals surface area contributed by atoms with Crippen LogP contribution in [0.15, 0.2) is 59.6 Å². The molecule has 0 fully saturated rings. The summed E-state index contributed by atoms with van der Waals surface area (Å²) in [6, 6.07) is 16.0. The first-order valence-corrected chi connectivity index (χ1v) is 11.2. The number of aromatic nitrogens is 1. The lowest BCUT2D eigenvalue weighted by molar-refractivity contribution is -0.113. The number of hydrogen-bond acceptors (Lipinski definition) is 6. The number of benzene rings is 2. The van der Waals surface area contributed by atoms with Crippen LogP contribution in [0.3, 0.4) is 0 Å². The number of pyridine rings is 1. The van der Waals surface area contributed by atoms with Gasteiger partial charge in [0.05, 0.1) is 29.7 Å². The second kappa shape index (κ2) is 10.8. The lowest BCUT2D eigenvalue weighted by atomic mass is 10.1. The first-order chi connectivity index (χ1) is 15.8. The van der Waals surface area contributed by atoms with Crippen LogP contribution >= 0.6 is 11.8 Å². The number of aryl methyl sites for hydroxylation is 3. The highest BCUT2D eigenvalue weighted by atomic mass is 32.2. The molecule has 1 aromatic heterocycles. The van der Waals surface area contributed by atoms with E-state index in [1.807, 2.05) is 51.1 Å². The van der Waals surface area contributed by atoms with Crippen LogP contribution in [-0.2, 0) is 9.53 Å². The van der Waals surface area contributed by atoms with Gasteiger partial charge in [-0.25, -0.2) is 9.78 Å². The van der Waals surface area contributed by atoms with Crippen molar-refractivity contribution in [2.24, 2.45) is 0 Å². The second-order valence-corrected chi connectivity index (χ2v) is 8.42. The number of amides is 2. The minimum absolute atomic E-state index is 0.0100. The van der Waals surface area contributed by atoms with Crippen LogP contribution in [0.2, 0.25) is 0 Å². The first-order valence-electron chi connectivity index (χ1n) is 10.2. The van der Waals surface area contributed by atoms with Gasteiger partial charge in [0.25, 0.3) is 5.91 Å². The number of esters is 1. The number of methoxy groups -OCH3 is 1. The van der Waals surface area contributed by atoms with Gasteiger partial charge >= 0.3 is 5.97 Å². The number of nitrogens with one attached hydrogen (secondary N) is 2. The number of para-hydroxylation sites is 1. The SMILES string of the molecule is COC(=O)c1ccccc1NC(=O)CSc1nc(C)cc(C)c1C(=O)Nc1cccc(C)c1. The molecular formula is C25H25N3O4S. The Labute approximate surface area is 197 Å². The topological polar surface area (TPSA) is 97.4 Å². The van der Waals surface area contributed by atoms with Crippen LogP contribution in [0.25, 0.3) is 0 Å². The highest BCUT2D eigenvalue weighted by Crippen LogP contribution is 2.26. The van der Waals surface area contributed by atoms with E-state index in [-0.39, 0.29) is 23.1 Å². The molecule has 0 saturated carbocycles. The third-order valence-electron chi connectivity index (χ3n) is 4.76. The maximum Gasteiger partial charge on any atom is 0.339 e. The van der Waals surface area contributed by atoms with Crippen molar-refractivity contribution in [3.63, 3.8) is 0 Å². The molecule has 3 aromatic rings. The molecule has 0 radical (unpaired) electrons. The molecular weight excluding hydrogens is 438 g/mol. The van der Waals surface area contributed by atoms with E-state index in [0.717, 1.165) is 28.6 Å². The lowest BCUT2D eigenvalue weighted by Crippen LogP contribution is -2.19. The fourth-order valence-corrected chi connectivity index (χ4v) is 4.25. The summed E-state index contributed by atoms with van der Waals surface area (Å²) in [5.41, 5.74) is 4.29. The summed E-state index contributed by atoms with van der Waals surface area (Å²) in [4.78, 5) is 42.1. The van der Waals surface area contributed by atoms with Crippen LogP contribution in [0.4, 0.5) is 11.4 Å². The van der Waals surface area contributed by atoms with E-state index in [4.69, 9.17) is 4.74 Å². The van der Waals surface area contributed by atoms with Crippen molar-refractivity contribution in [3.8, 4) is 0 Å². The molecule has 0 bridgehead atoms. The molecule has 0 saturated heterocycles. The van der Waals surface area contributed by atoms with Crippen LogP contribution in [0, 0.1) is 20.8 Å². The Balaban J connectivity index is 1.77. The largest absolute Gasteiger partial charge is 0.465 e. The molecule has 0 aliphatic carbocycles. The standard InChI is InChI=1S/C25H25N3O4S/c1-15-8-7-9-18(12-15)27-23(30)22-16(2)13-17(3)26-24(22)33-14-21(29)28-20-11-6-5-10-19(20)25(31)32-4/h5-13H,14H2,1-4H3,(H,27,30)(H,28,29). The highest BCUT2D eigenvalue weighted by molar-refractivity contribution is 8.00. The molecule has 1 heterocycles. The normalized spacial score (nSPS) is 10.4. The van der Waals surface area contributed by atoms with E-state index in [0.29, 0.717) is 22.0 Å². The Morgan fingerprint density at radius 2 is 1.73 bits per heavy atom. The van der Waals surface area contributed by atoms with Crippen molar-refractivity contribution in [1.29, 1.82) is 0 Å². The Hall–Kier alpha value is -3.65. The van der Waals surface area contributed by atoms with Gasteiger partial charge in [0.2, 0.25) is 5.91 Å². The van der Waals surface area contributed by atoms with E-state index in [1.165, 1.54) is 7.11 Å². The van der Waals surface area contributed by atoms with E-state index in [1.54, 1.807) is 24.3 Å². The quantitative estimate of drug-likeness (QED) is 0.387. The molecule has 0 aliphatic heterocycles. The summed E-state index contributed by atoms with van der Waals surface area (Å²) >= 11 is 1.16. The number of carbonyl (C=O) groups excluding carboxylic acids is 3. The van der Waals surface area contributed by atoms with Crippen molar-refractivity contribution in [2.45, 2.75) is 25.8 Å². The fourth-order valence-electron chi connectivity index (χ4n) is 3.30. The number of anilines is 2. The van der Waals surface area contributed by atoms with E-state index < -0.39 is 5.97 Å². The Bertz CT molecular complexity index is 1210. The zero-order chi connectivity index (χ0) is 24.0. The highest BCUT2D eigenvalue weighted by Gasteiger charge is 2.19. The van der Waals surface area contributed by atoms with Crippen molar-refractivity contribution in [3.05, 3.63) is 82.5 Å². The predicted octanol–water partition coefficient (Wildman–Crippen LogP) is 4.78. The molecule has 0 atom stereocenters. The zero-order valence-corrected chi connectivity index (χ0v) is 19.7. The van der Waals surface area contributed by atoms with E-state index in [2.05, 4.69) is 15.6 Å². The molecule has 33 heavy (non-hydrogen) atoms. The number of nitrogens with zero attached hydrogens (tertiary/aromatic N) is 1. The van der Waals surface area contributed by atoms with E-state index >= 15 is 0 Å². The number of carbonyl (C=O) groups is 3. The molecule has 0 spiro atoms. The Morgan fingerprint density at radius 3 is 2.45 bits per heavy atom. The number of thioether (sulfide) groups is 1. The van der Waals surface area contributed by atoms with Crippen molar-refractivity contribution < 1.29 is 19.1 Å². The van der Waals surface area contributed by atoms with E-state index in [9.17, 15) is 14.4 Å². The van der Waals surface area contributed by atoms with Crippen molar-refractivity contribution >= 4 is 40.9 Å². The molecule has 170 valence electrons. The molecule has 2 N–H and O–H groups in total. The van der Waals surface area contributed by atoms with Gasteiger partial charge in [-0.3, -0.25) is 9.59 Å². The average molecular weight is 464 g/mol. The van der Waals surface area contributed by atoms with Crippen LogP contribution in [0.5, 0.6) is 0 Å². The third-order valence-corrected chi connectivity index (χ3v) is 5.74. The van der Waals surface area contributed by atoms with Gasteiger partial charge in [0.15, 0.2) is 0 Å². The third kappa shape index (κ3) is 6.20. The fraction of sp³-hybridized carbons (Fsp3) is 0.200. The smallest absolute Gasteiger partial charge is 0.339 e. The number of ether oxygens (including phenoxy) is 1. The molecule has 3 rings (SSSR count). The van der Waals surface area contributed by atoms with Crippen molar-refractivity contribution in [2.75, 3.05) is 23.5 Å². The van der Waals surface area contributed by atoms with Crippen LogP contribution in [-0.4, -0.2) is 35.6 Å². The summed E-state index contributed by atoms with van der Waals surface area (Å²) in [6.07, 6.45) is 0. The minimum Gasteiger partial charge on any atom is -0.465 e. The molecule has 0 aliphatic rings. The zero-order valence-electron chi connectivity index (χ0n) is 18.9. The van der Waals surface area contributed by atoms with Gasteiger partial charge in [-0.05, 0) is 62.2 Å². The molecule has 7 nitrogen and oxygen atoms in total. The Morgan fingerprint density at radius 1 is 0.970 bits per heavy atom. The number of rotatable bonds is 7. The average Bonchev–Trinajstić information content (AvgIpc) is 2.77. The summed E-state index contributed by atoms with van der Waals surface area (Å²) in [5.74, 6) is -1.15. The molecule has 2 amide bonds. The minimum atomic E-state index is -0.537. The number of hydrogen-bond donors (Lipinski definition) is 2.